The van der Waals surface area contributed by atoms with Gasteiger partial charge in [0.1, 0.15) is 0 Å². The molecule has 5 nitrogen and oxygen atoms in total. The molecular formula is C10H12BrN5S. The van der Waals surface area contributed by atoms with E-state index in [1.807, 2.05) is 11.4 Å². The van der Waals surface area contributed by atoms with Crippen molar-refractivity contribution in [1.29, 1.82) is 0 Å². The molecule has 0 aliphatic carbocycles. The standard InChI is InChI=1S/C10H12BrN5S/c11-7-1-6-17-8(7)9-13-10(15-14-9)16-4-2-12-3-5-16/h1,6,12H,2-5H2,(H,13,14,15). The van der Waals surface area contributed by atoms with Gasteiger partial charge in [-0.3, -0.25) is 5.10 Å². The molecule has 1 aliphatic heterocycles. The lowest BCUT2D eigenvalue weighted by molar-refractivity contribution is 0.580. The average molecular weight is 314 g/mol. The summed E-state index contributed by atoms with van der Waals surface area (Å²) in [6.07, 6.45) is 0. The van der Waals surface area contributed by atoms with Crippen molar-refractivity contribution >= 4 is 33.2 Å². The molecule has 0 saturated carbocycles. The second kappa shape index (κ2) is 4.75. The molecule has 3 rings (SSSR count). The van der Waals surface area contributed by atoms with Crippen LogP contribution >= 0.6 is 27.3 Å². The molecule has 1 aliphatic rings. The Labute approximate surface area is 111 Å². The molecule has 1 saturated heterocycles. The number of piperazine rings is 1. The van der Waals surface area contributed by atoms with Crippen LogP contribution in [0.25, 0.3) is 10.7 Å². The number of nitrogens with one attached hydrogen (secondary N) is 2. The van der Waals surface area contributed by atoms with Gasteiger partial charge in [0, 0.05) is 30.7 Å². The number of halogens is 1. The van der Waals surface area contributed by atoms with Crippen LogP contribution in [0.4, 0.5) is 5.95 Å². The molecule has 0 unspecified atom stereocenters. The van der Waals surface area contributed by atoms with E-state index < -0.39 is 0 Å². The molecule has 2 aromatic heterocycles. The zero-order valence-electron chi connectivity index (χ0n) is 9.11. The van der Waals surface area contributed by atoms with Crippen LogP contribution in [0.2, 0.25) is 0 Å². The van der Waals surface area contributed by atoms with Crippen molar-refractivity contribution < 1.29 is 0 Å². The Hall–Kier alpha value is -0.920. The summed E-state index contributed by atoms with van der Waals surface area (Å²) >= 11 is 5.16. The molecule has 0 amide bonds. The lowest BCUT2D eigenvalue weighted by Gasteiger charge is -2.25. The van der Waals surface area contributed by atoms with Gasteiger partial charge in [0.25, 0.3) is 0 Å². The van der Waals surface area contributed by atoms with Gasteiger partial charge in [-0.1, -0.05) is 0 Å². The lowest BCUT2D eigenvalue weighted by atomic mass is 10.4. The maximum absolute atomic E-state index is 4.55. The fourth-order valence-electron chi connectivity index (χ4n) is 1.82. The Morgan fingerprint density at radius 3 is 2.88 bits per heavy atom. The van der Waals surface area contributed by atoms with E-state index in [-0.39, 0.29) is 0 Å². The molecular weight excluding hydrogens is 302 g/mol. The van der Waals surface area contributed by atoms with Crippen LogP contribution in [0.15, 0.2) is 15.9 Å². The van der Waals surface area contributed by atoms with Crippen LogP contribution < -0.4 is 10.2 Å². The molecule has 0 spiro atoms. The van der Waals surface area contributed by atoms with Crippen LogP contribution in [0.5, 0.6) is 0 Å². The highest BCUT2D eigenvalue weighted by atomic mass is 79.9. The van der Waals surface area contributed by atoms with E-state index in [2.05, 4.69) is 41.3 Å². The molecule has 2 aromatic rings. The van der Waals surface area contributed by atoms with E-state index in [9.17, 15) is 0 Å². The van der Waals surface area contributed by atoms with Crippen molar-refractivity contribution in [3.8, 4) is 10.7 Å². The molecule has 0 atom stereocenters. The van der Waals surface area contributed by atoms with Crippen LogP contribution in [-0.2, 0) is 0 Å². The average Bonchev–Trinajstić information content (AvgIpc) is 2.98. The number of aromatic amines is 1. The molecule has 90 valence electrons. The van der Waals surface area contributed by atoms with Gasteiger partial charge in [0.05, 0.1) is 4.88 Å². The summed E-state index contributed by atoms with van der Waals surface area (Å²) in [6.45, 7) is 3.91. The fraction of sp³-hybridized carbons (Fsp3) is 0.400. The minimum absolute atomic E-state index is 0.793. The summed E-state index contributed by atoms with van der Waals surface area (Å²) in [6, 6.07) is 2.02. The summed E-state index contributed by atoms with van der Waals surface area (Å²) in [5.74, 6) is 1.63. The van der Waals surface area contributed by atoms with Gasteiger partial charge in [-0.25, -0.2) is 0 Å². The SMILES string of the molecule is Brc1ccsc1-c1nc(N2CCNCC2)n[nH]1. The predicted octanol–water partition coefficient (Wildman–Crippen LogP) is 1.71. The molecule has 0 bridgehead atoms. The topological polar surface area (TPSA) is 56.8 Å². The fourth-order valence-corrected chi connectivity index (χ4v) is 3.32. The van der Waals surface area contributed by atoms with Crippen LogP contribution in [0.3, 0.4) is 0 Å². The lowest BCUT2D eigenvalue weighted by Crippen LogP contribution is -2.44. The van der Waals surface area contributed by atoms with Gasteiger partial charge < -0.3 is 10.2 Å². The van der Waals surface area contributed by atoms with Crippen molar-refractivity contribution in [2.45, 2.75) is 0 Å². The number of hydrogen-bond acceptors (Lipinski definition) is 5. The number of anilines is 1. The number of rotatable bonds is 2. The summed E-state index contributed by atoms with van der Waals surface area (Å²) in [7, 11) is 0. The Kier molecular flexibility index (Phi) is 3.13. The first-order valence-corrected chi connectivity index (χ1v) is 7.13. The Morgan fingerprint density at radius 1 is 1.35 bits per heavy atom. The monoisotopic (exact) mass is 313 g/mol. The third-order valence-corrected chi connectivity index (χ3v) is 4.55. The zero-order valence-corrected chi connectivity index (χ0v) is 11.5. The van der Waals surface area contributed by atoms with E-state index in [1.165, 1.54) is 0 Å². The summed E-state index contributed by atoms with van der Waals surface area (Å²) < 4.78 is 1.06. The van der Waals surface area contributed by atoms with Gasteiger partial charge in [0.15, 0.2) is 5.82 Å². The van der Waals surface area contributed by atoms with Crippen molar-refractivity contribution in [1.82, 2.24) is 20.5 Å². The van der Waals surface area contributed by atoms with Gasteiger partial charge in [-0.15, -0.1) is 16.4 Å². The predicted molar refractivity (Wildman–Crippen MR) is 72.5 cm³/mol. The Bertz CT molecular complexity index is 502. The molecule has 0 radical (unpaired) electrons. The zero-order chi connectivity index (χ0) is 11.7. The second-order valence-corrected chi connectivity index (χ2v) is 5.59. The molecule has 2 N–H and O–H groups in total. The number of H-pyrrole nitrogens is 1. The maximum atomic E-state index is 4.55. The first-order chi connectivity index (χ1) is 8.34. The largest absolute Gasteiger partial charge is 0.337 e. The first kappa shape index (κ1) is 11.2. The summed E-state index contributed by atoms with van der Waals surface area (Å²) in [5, 5.41) is 12.6. The Morgan fingerprint density at radius 2 is 2.18 bits per heavy atom. The van der Waals surface area contributed by atoms with E-state index in [0.29, 0.717) is 0 Å². The quantitative estimate of drug-likeness (QED) is 0.886. The smallest absolute Gasteiger partial charge is 0.245 e. The van der Waals surface area contributed by atoms with Crippen LogP contribution in [0.1, 0.15) is 0 Å². The van der Waals surface area contributed by atoms with E-state index in [0.717, 1.165) is 47.3 Å². The van der Waals surface area contributed by atoms with Crippen molar-refractivity contribution in [2.24, 2.45) is 0 Å². The highest BCUT2D eigenvalue weighted by Crippen LogP contribution is 2.31. The van der Waals surface area contributed by atoms with E-state index in [4.69, 9.17) is 0 Å². The van der Waals surface area contributed by atoms with Crippen molar-refractivity contribution in [3.63, 3.8) is 0 Å². The molecule has 17 heavy (non-hydrogen) atoms. The van der Waals surface area contributed by atoms with E-state index >= 15 is 0 Å². The number of nitrogens with zero attached hydrogens (tertiary/aromatic N) is 3. The molecule has 7 heteroatoms. The molecule has 1 fully saturated rings. The second-order valence-electron chi connectivity index (χ2n) is 3.82. The van der Waals surface area contributed by atoms with Crippen LogP contribution in [0, 0.1) is 0 Å². The van der Waals surface area contributed by atoms with Gasteiger partial charge in [-0.2, -0.15) is 4.98 Å². The third kappa shape index (κ3) is 2.22. The molecule has 3 heterocycles. The van der Waals surface area contributed by atoms with Crippen molar-refractivity contribution in [2.75, 3.05) is 31.1 Å². The summed E-state index contributed by atoms with van der Waals surface area (Å²) in [4.78, 5) is 7.84. The Balaban J connectivity index is 1.85. The van der Waals surface area contributed by atoms with Gasteiger partial charge >= 0.3 is 0 Å². The number of aromatic nitrogens is 3. The van der Waals surface area contributed by atoms with Gasteiger partial charge in [0.2, 0.25) is 5.95 Å². The maximum Gasteiger partial charge on any atom is 0.245 e. The summed E-state index contributed by atoms with van der Waals surface area (Å²) in [5.41, 5.74) is 0. The van der Waals surface area contributed by atoms with E-state index in [1.54, 1.807) is 11.3 Å². The molecule has 0 aromatic carbocycles. The minimum Gasteiger partial charge on any atom is -0.337 e. The highest BCUT2D eigenvalue weighted by Gasteiger charge is 2.16. The normalized spacial score (nSPS) is 16.4. The van der Waals surface area contributed by atoms with Gasteiger partial charge in [-0.05, 0) is 27.4 Å². The van der Waals surface area contributed by atoms with Crippen molar-refractivity contribution in [3.05, 3.63) is 15.9 Å². The third-order valence-electron chi connectivity index (χ3n) is 2.71. The minimum atomic E-state index is 0.793. The van der Waals surface area contributed by atoms with Crippen LogP contribution in [-0.4, -0.2) is 41.4 Å². The number of thiophene rings is 1. The number of hydrogen-bond donors (Lipinski definition) is 2. The highest BCUT2D eigenvalue weighted by molar-refractivity contribution is 9.10. The first-order valence-electron chi connectivity index (χ1n) is 5.46.